The van der Waals surface area contributed by atoms with Gasteiger partial charge in [-0.1, -0.05) is 19.8 Å². The zero-order valence-electron chi connectivity index (χ0n) is 10.1. The van der Waals surface area contributed by atoms with Crippen molar-refractivity contribution in [1.29, 1.82) is 0 Å². The number of piperidine rings is 1. The summed E-state index contributed by atoms with van der Waals surface area (Å²) in [6.07, 6.45) is 4.77. The van der Waals surface area contributed by atoms with E-state index in [0.29, 0.717) is 32.4 Å². The zero-order chi connectivity index (χ0) is 12.0. The number of hydrogen-bond acceptors (Lipinski definition) is 3. The summed E-state index contributed by atoms with van der Waals surface area (Å²) in [6.45, 7) is 3.06. The molecule has 1 aliphatic rings. The summed E-state index contributed by atoms with van der Waals surface area (Å²) in [7, 11) is 0. The number of likely N-dealkylation sites (tertiary alicyclic amines) is 1. The maximum Gasteiger partial charge on any atom is 0.222 e. The first-order valence-electron chi connectivity index (χ1n) is 6.22. The summed E-state index contributed by atoms with van der Waals surface area (Å²) >= 11 is 0. The summed E-state index contributed by atoms with van der Waals surface area (Å²) in [6, 6.07) is 0. The third kappa shape index (κ3) is 3.76. The molecule has 1 amide bonds. The van der Waals surface area contributed by atoms with Gasteiger partial charge in [-0.2, -0.15) is 0 Å². The van der Waals surface area contributed by atoms with E-state index in [9.17, 15) is 9.90 Å². The fourth-order valence-corrected chi connectivity index (χ4v) is 2.01. The van der Waals surface area contributed by atoms with Gasteiger partial charge >= 0.3 is 0 Å². The lowest BCUT2D eigenvalue weighted by atomic mass is 9.92. The molecule has 0 saturated carbocycles. The largest absolute Gasteiger partial charge is 0.393 e. The molecule has 4 nitrogen and oxygen atoms in total. The third-order valence-electron chi connectivity index (χ3n) is 3.34. The predicted octanol–water partition coefficient (Wildman–Crippen LogP) is 0.913. The number of amides is 1. The summed E-state index contributed by atoms with van der Waals surface area (Å²) < 4.78 is 0. The van der Waals surface area contributed by atoms with Gasteiger partial charge in [-0.15, -0.1) is 0 Å². The second kappa shape index (κ2) is 6.21. The van der Waals surface area contributed by atoms with E-state index in [1.54, 1.807) is 4.90 Å². The SMILES string of the molecule is CCCCCC(=O)N1CCC(O)(CO)CC1. The van der Waals surface area contributed by atoms with Crippen molar-refractivity contribution in [3.05, 3.63) is 0 Å². The van der Waals surface area contributed by atoms with Crippen LogP contribution in [0.3, 0.4) is 0 Å². The Kier molecular flexibility index (Phi) is 5.22. The zero-order valence-corrected chi connectivity index (χ0v) is 10.1. The minimum atomic E-state index is -0.958. The monoisotopic (exact) mass is 229 g/mol. The highest BCUT2D eigenvalue weighted by Gasteiger charge is 2.32. The van der Waals surface area contributed by atoms with Gasteiger partial charge in [-0.25, -0.2) is 0 Å². The van der Waals surface area contributed by atoms with Crippen LogP contribution in [0.15, 0.2) is 0 Å². The Morgan fingerprint density at radius 3 is 2.44 bits per heavy atom. The van der Waals surface area contributed by atoms with E-state index < -0.39 is 5.60 Å². The first kappa shape index (κ1) is 13.5. The minimum absolute atomic E-state index is 0.188. The Morgan fingerprint density at radius 2 is 1.94 bits per heavy atom. The van der Waals surface area contributed by atoms with Crippen LogP contribution in [0.25, 0.3) is 0 Å². The number of aliphatic hydroxyl groups is 2. The Hall–Kier alpha value is -0.610. The molecule has 0 spiro atoms. The van der Waals surface area contributed by atoms with Crippen molar-refractivity contribution >= 4 is 5.91 Å². The number of carbonyl (C=O) groups excluding carboxylic acids is 1. The number of rotatable bonds is 5. The van der Waals surface area contributed by atoms with Gasteiger partial charge in [-0.05, 0) is 19.3 Å². The summed E-state index contributed by atoms with van der Waals surface area (Å²) in [4.78, 5) is 13.6. The number of nitrogens with zero attached hydrogens (tertiary/aromatic N) is 1. The Balaban J connectivity index is 2.27. The fourth-order valence-electron chi connectivity index (χ4n) is 2.01. The van der Waals surface area contributed by atoms with Gasteiger partial charge in [0.05, 0.1) is 12.2 Å². The molecule has 4 heteroatoms. The predicted molar refractivity (Wildman–Crippen MR) is 62.0 cm³/mol. The molecule has 0 aliphatic carbocycles. The van der Waals surface area contributed by atoms with Crippen molar-refractivity contribution in [2.45, 2.75) is 51.0 Å². The van der Waals surface area contributed by atoms with Crippen LogP contribution in [0.4, 0.5) is 0 Å². The van der Waals surface area contributed by atoms with Crippen molar-refractivity contribution in [1.82, 2.24) is 4.90 Å². The maximum atomic E-state index is 11.8. The van der Waals surface area contributed by atoms with Gasteiger partial charge < -0.3 is 15.1 Å². The molecular formula is C12H23NO3. The van der Waals surface area contributed by atoms with Crippen molar-refractivity contribution in [2.75, 3.05) is 19.7 Å². The van der Waals surface area contributed by atoms with Crippen molar-refractivity contribution in [3.8, 4) is 0 Å². The van der Waals surface area contributed by atoms with E-state index >= 15 is 0 Å². The molecule has 0 aromatic heterocycles. The number of unbranched alkanes of at least 4 members (excludes halogenated alkanes) is 2. The number of aliphatic hydroxyl groups excluding tert-OH is 1. The second-order valence-electron chi connectivity index (χ2n) is 4.72. The van der Waals surface area contributed by atoms with Gasteiger partial charge in [-0.3, -0.25) is 4.79 Å². The van der Waals surface area contributed by atoms with Crippen LogP contribution >= 0.6 is 0 Å². The van der Waals surface area contributed by atoms with E-state index in [0.717, 1.165) is 19.3 Å². The smallest absolute Gasteiger partial charge is 0.222 e. The molecular weight excluding hydrogens is 206 g/mol. The van der Waals surface area contributed by atoms with Crippen molar-refractivity contribution in [2.24, 2.45) is 0 Å². The standard InChI is InChI=1S/C12H23NO3/c1-2-3-4-5-11(15)13-8-6-12(16,10-14)7-9-13/h14,16H,2-10H2,1H3. The van der Waals surface area contributed by atoms with Gasteiger partial charge in [0.25, 0.3) is 0 Å². The van der Waals surface area contributed by atoms with E-state index in [-0.39, 0.29) is 12.5 Å². The van der Waals surface area contributed by atoms with E-state index in [4.69, 9.17) is 5.11 Å². The Bertz CT molecular complexity index is 222. The molecule has 0 aromatic carbocycles. The molecule has 1 aliphatic heterocycles. The molecule has 1 heterocycles. The summed E-state index contributed by atoms with van der Waals surface area (Å²) in [5, 5.41) is 18.8. The molecule has 0 bridgehead atoms. The van der Waals surface area contributed by atoms with E-state index in [1.807, 2.05) is 0 Å². The van der Waals surface area contributed by atoms with Crippen LogP contribution < -0.4 is 0 Å². The fraction of sp³-hybridized carbons (Fsp3) is 0.917. The molecule has 0 atom stereocenters. The van der Waals surface area contributed by atoms with Crippen molar-refractivity contribution < 1.29 is 15.0 Å². The molecule has 0 aromatic rings. The van der Waals surface area contributed by atoms with Gasteiger partial charge in [0.1, 0.15) is 0 Å². The molecule has 1 saturated heterocycles. The topological polar surface area (TPSA) is 60.8 Å². The lowest BCUT2D eigenvalue weighted by molar-refractivity contribution is -0.137. The summed E-state index contributed by atoms with van der Waals surface area (Å²) in [5.41, 5.74) is -0.958. The highest BCUT2D eigenvalue weighted by atomic mass is 16.3. The summed E-state index contributed by atoms with van der Waals surface area (Å²) in [5.74, 6) is 0.188. The highest BCUT2D eigenvalue weighted by molar-refractivity contribution is 5.76. The lowest BCUT2D eigenvalue weighted by Crippen LogP contribution is -2.48. The molecule has 94 valence electrons. The van der Waals surface area contributed by atoms with Crippen LogP contribution in [-0.4, -0.2) is 46.3 Å². The third-order valence-corrected chi connectivity index (χ3v) is 3.34. The van der Waals surface area contributed by atoms with Gasteiger partial charge in [0.2, 0.25) is 5.91 Å². The molecule has 2 N–H and O–H groups in total. The second-order valence-corrected chi connectivity index (χ2v) is 4.72. The first-order chi connectivity index (χ1) is 7.61. The number of hydrogen-bond donors (Lipinski definition) is 2. The average molecular weight is 229 g/mol. The first-order valence-corrected chi connectivity index (χ1v) is 6.22. The minimum Gasteiger partial charge on any atom is -0.393 e. The van der Waals surface area contributed by atoms with Crippen LogP contribution in [-0.2, 0) is 4.79 Å². The van der Waals surface area contributed by atoms with Crippen LogP contribution in [0, 0.1) is 0 Å². The number of carbonyl (C=O) groups is 1. The average Bonchev–Trinajstić information content (AvgIpc) is 2.30. The van der Waals surface area contributed by atoms with E-state index in [2.05, 4.69) is 6.92 Å². The van der Waals surface area contributed by atoms with Gasteiger partial charge in [0.15, 0.2) is 0 Å². The Labute approximate surface area is 97.3 Å². The molecule has 0 radical (unpaired) electrons. The Morgan fingerprint density at radius 1 is 1.31 bits per heavy atom. The molecule has 1 fully saturated rings. The molecule has 0 unspecified atom stereocenters. The normalized spacial score (nSPS) is 19.8. The van der Waals surface area contributed by atoms with Crippen molar-refractivity contribution in [3.63, 3.8) is 0 Å². The maximum absolute atomic E-state index is 11.8. The van der Waals surface area contributed by atoms with Crippen LogP contribution in [0.1, 0.15) is 45.4 Å². The molecule has 1 rings (SSSR count). The van der Waals surface area contributed by atoms with E-state index in [1.165, 1.54) is 0 Å². The van der Waals surface area contributed by atoms with Gasteiger partial charge in [0, 0.05) is 19.5 Å². The molecule has 16 heavy (non-hydrogen) atoms. The quantitative estimate of drug-likeness (QED) is 0.689. The lowest BCUT2D eigenvalue weighted by Gasteiger charge is -2.37. The van der Waals surface area contributed by atoms with Crippen LogP contribution in [0.2, 0.25) is 0 Å². The highest BCUT2D eigenvalue weighted by Crippen LogP contribution is 2.22. The van der Waals surface area contributed by atoms with Crippen LogP contribution in [0.5, 0.6) is 0 Å².